The van der Waals surface area contributed by atoms with Crippen molar-refractivity contribution in [3.63, 3.8) is 0 Å². The summed E-state index contributed by atoms with van der Waals surface area (Å²) < 4.78 is 0. The third-order valence-corrected chi connectivity index (χ3v) is 9.41. The van der Waals surface area contributed by atoms with Crippen molar-refractivity contribution in [3.8, 4) is 96.7 Å². The molecule has 0 aliphatic heterocycles. The van der Waals surface area contributed by atoms with Crippen molar-refractivity contribution in [1.82, 2.24) is 29.9 Å². The average molecular weight is 718 g/mol. The summed E-state index contributed by atoms with van der Waals surface area (Å²) in [5.41, 5.74) is 9.96. The monoisotopic (exact) mass is 717 g/mol. The highest BCUT2D eigenvalue weighted by molar-refractivity contribution is 5.77. The van der Waals surface area contributed by atoms with E-state index in [-0.39, 0.29) is 0 Å². The molecule has 9 rings (SSSR count). The standard InChI is InChI=1S/C49H31N7/c50-32-33-25-27-37(28-26-33)46-51-44(35-15-6-2-7-16-35)52-47(55-46)42-23-11-20-39(30-42)40-21-12-24-43(31-40)49-54-45(36-17-8-3-9-18-36)53-48(56-49)41-22-10-19-38(29-41)34-13-4-1-5-14-34/h1-31H. The summed E-state index contributed by atoms with van der Waals surface area (Å²) in [5, 5.41) is 9.35. The fourth-order valence-electron chi connectivity index (χ4n) is 6.54. The van der Waals surface area contributed by atoms with Crippen LogP contribution in [0.25, 0.3) is 90.6 Å². The first-order chi connectivity index (χ1) is 27.7. The molecule has 56 heavy (non-hydrogen) atoms. The second-order valence-corrected chi connectivity index (χ2v) is 13.1. The van der Waals surface area contributed by atoms with E-state index in [2.05, 4.69) is 54.6 Å². The van der Waals surface area contributed by atoms with Crippen LogP contribution in [0, 0.1) is 11.3 Å². The lowest BCUT2D eigenvalue weighted by molar-refractivity contribution is 1.07. The molecule has 7 heteroatoms. The molecule has 0 saturated carbocycles. The zero-order chi connectivity index (χ0) is 37.7. The summed E-state index contributed by atoms with van der Waals surface area (Å²) in [4.78, 5) is 29.7. The first-order valence-corrected chi connectivity index (χ1v) is 18.2. The van der Waals surface area contributed by atoms with Crippen molar-refractivity contribution in [2.45, 2.75) is 0 Å². The van der Waals surface area contributed by atoms with Gasteiger partial charge in [0.2, 0.25) is 0 Å². The van der Waals surface area contributed by atoms with E-state index in [9.17, 15) is 5.26 Å². The molecule has 7 nitrogen and oxygen atoms in total. The molecule has 0 amide bonds. The first kappa shape index (κ1) is 33.9. The van der Waals surface area contributed by atoms with E-state index in [1.165, 1.54) is 0 Å². The largest absolute Gasteiger partial charge is 0.208 e. The third kappa shape index (κ3) is 7.19. The molecule has 0 N–H and O–H groups in total. The van der Waals surface area contributed by atoms with Crippen LogP contribution in [0.3, 0.4) is 0 Å². The summed E-state index contributed by atoms with van der Waals surface area (Å²) in [6, 6.07) is 64.4. The number of rotatable bonds is 8. The SMILES string of the molecule is N#Cc1ccc(-c2nc(-c3ccccc3)nc(-c3cccc(-c4cccc(-c5nc(-c6ccccc6)nc(-c6cccc(-c7ccccc7)c6)n5)c4)c3)n2)cc1. The van der Waals surface area contributed by atoms with Gasteiger partial charge in [0.15, 0.2) is 34.9 Å². The van der Waals surface area contributed by atoms with Gasteiger partial charge < -0.3 is 0 Å². The van der Waals surface area contributed by atoms with Crippen molar-refractivity contribution in [2.75, 3.05) is 0 Å². The van der Waals surface area contributed by atoms with E-state index in [0.717, 1.165) is 55.6 Å². The molecule has 0 radical (unpaired) electrons. The maximum absolute atomic E-state index is 9.35. The van der Waals surface area contributed by atoms with E-state index >= 15 is 0 Å². The number of benzene rings is 7. The van der Waals surface area contributed by atoms with E-state index in [1.807, 2.05) is 127 Å². The van der Waals surface area contributed by atoms with Gasteiger partial charge in [-0.05, 0) is 64.7 Å². The predicted molar refractivity (Wildman–Crippen MR) is 221 cm³/mol. The average Bonchev–Trinajstić information content (AvgIpc) is 3.30. The smallest absolute Gasteiger partial charge is 0.164 e. The quantitative estimate of drug-likeness (QED) is 0.154. The van der Waals surface area contributed by atoms with Crippen LogP contribution in [0.15, 0.2) is 188 Å². The summed E-state index contributed by atoms with van der Waals surface area (Å²) in [7, 11) is 0. The number of nitriles is 1. The molecule has 0 atom stereocenters. The van der Waals surface area contributed by atoms with E-state index < -0.39 is 0 Å². The number of nitrogens with zero attached hydrogens (tertiary/aromatic N) is 7. The fourth-order valence-corrected chi connectivity index (χ4v) is 6.54. The highest BCUT2D eigenvalue weighted by Crippen LogP contribution is 2.32. The Morgan fingerprint density at radius 2 is 0.518 bits per heavy atom. The van der Waals surface area contributed by atoms with Gasteiger partial charge in [-0.1, -0.05) is 146 Å². The van der Waals surface area contributed by atoms with Crippen molar-refractivity contribution in [3.05, 3.63) is 194 Å². The molecule has 0 aliphatic rings. The van der Waals surface area contributed by atoms with Crippen LogP contribution in [0.1, 0.15) is 5.56 Å². The van der Waals surface area contributed by atoms with Crippen LogP contribution in [-0.2, 0) is 0 Å². The molecular formula is C49H31N7. The third-order valence-electron chi connectivity index (χ3n) is 9.41. The molecule has 2 heterocycles. The first-order valence-electron chi connectivity index (χ1n) is 18.2. The maximum atomic E-state index is 9.35. The Morgan fingerprint density at radius 1 is 0.250 bits per heavy atom. The Bertz CT molecular complexity index is 2850. The molecule has 9 aromatic rings. The second kappa shape index (κ2) is 15.2. The predicted octanol–water partition coefficient (Wildman–Crippen LogP) is 11.3. The van der Waals surface area contributed by atoms with Crippen molar-refractivity contribution in [2.24, 2.45) is 0 Å². The minimum atomic E-state index is 0.528. The highest BCUT2D eigenvalue weighted by atomic mass is 15.0. The molecule has 0 aliphatic carbocycles. The lowest BCUT2D eigenvalue weighted by Gasteiger charge is -2.11. The van der Waals surface area contributed by atoms with Crippen LogP contribution in [0.2, 0.25) is 0 Å². The van der Waals surface area contributed by atoms with Gasteiger partial charge in [0.05, 0.1) is 11.6 Å². The molecule has 0 fully saturated rings. The summed E-state index contributed by atoms with van der Waals surface area (Å²) in [6.07, 6.45) is 0. The van der Waals surface area contributed by atoms with Gasteiger partial charge in [0.1, 0.15) is 0 Å². The highest BCUT2D eigenvalue weighted by Gasteiger charge is 2.16. The Labute approximate surface area is 324 Å². The van der Waals surface area contributed by atoms with Gasteiger partial charge in [0.25, 0.3) is 0 Å². The Kier molecular flexibility index (Phi) is 9.18. The Morgan fingerprint density at radius 3 is 0.875 bits per heavy atom. The van der Waals surface area contributed by atoms with Crippen molar-refractivity contribution in [1.29, 1.82) is 5.26 Å². The molecule has 0 bridgehead atoms. The molecule has 0 unspecified atom stereocenters. The maximum Gasteiger partial charge on any atom is 0.164 e. The second-order valence-electron chi connectivity index (χ2n) is 13.1. The Hall–Kier alpha value is -7.95. The molecular weight excluding hydrogens is 687 g/mol. The summed E-state index contributed by atoms with van der Waals surface area (Å²) in [6.45, 7) is 0. The summed E-state index contributed by atoms with van der Waals surface area (Å²) in [5.74, 6) is 3.42. The van der Waals surface area contributed by atoms with Gasteiger partial charge in [-0.3, -0.25) is 0 Å². The number of hydrogen-bond acceptors (Lipinski definition) is 7. The zero-order valence-electron chi connectivity index (χ0n) is 30.0. The van der Waals surface area contributed by atoms with Crippen molar-refractivity contribution >= 4 is 0 Å². The minimum absolute atomic E-state index is 0.528. The van der Waals surface area contributed by atoms with Crippen LogP contribution >= 0.6 is 0 Å². The van der Waals surface area contributed by atoms with Gasteiger partial charge in [-0.25, -0.2) is 29.9 Å². The molecule has 262 valence electrons. The normalized spacial score (nSPS) is 10.8. The van der Waals surface area contributed by atoms with Crippen LogP contribution in [-0.4, -0.2) is 29.9 Å². The zero-order valence-corrected chi connectivity index (χ0v) is 30.0. The van der Waals surface area contributed by atoms with Gasteiger partial charge in [0, 0.05) is 33.4 Å². The van der Waals surface area contributed by atoms with Gasteiger partial charge in [-0.15, -0.1) is 0 Å². The van der Waals surface area contributed by atoms with E-state index in [1.54, 1.807) is 12.1 Å². The lowest BCUT2D eigenvalue weighted by atomic mass is 10.00. The van der Waals surface area contributed by atoms with E-state index in [4.69, 9.17) is 29.9 Å². The Balaban J connectivity index is 1.12. The van der Waals surface area contributed by atoms with Crippen LogP contribution in [0.4, 0.5) is 0 Å². The van der Waals surface area contributed by atoms with Gasteiger partial charge >= 0.3 is 0 Å². The number of aromatic nitrogens is 6. The molecule has 0 spiro atoms. The van der Waals surface area contributed by atoms with Crippen molar-refractivity contribution < 1.29 is 0 Å². The molecule has 2 aromatic heterocycles. The number of hydrogen-bond donors (Lipinski definition) is 0. The molecule has 7 aromatic carbocycles. The lowest BCUT2D eigenvalue weighted by Crippen LogP contribution is -2.00. The topological polar surface area (TPSA) is 101 Å². The fraction of sp³-hybridized carbons (Fsp3) is 0. The van der Waals surface area contributed by atoms with E-state index in [0.29, 0.717) is 40.5 Å². The van der Waals surface area contributed by atoms with Gasteiger partial charge in [-0.2, -0.15) is 5.26 Å². The summed E-state index contributed by atoms with van der Waals surface area (Å²) >= 11 is 0. The van der Waals surface area contributed by atoms with Crippen LogP contribution in [0.5, 0.6) is 0 Å². The molecule has 0 saturated heterocycles. The minimum Gasteiger partial charge on any atom is -0.208 e. The van der Waals surface area contributed by atoms with Crippen LogP contribution < -0.4 is 0 Å².